The number of carbonyl (C=O) groups is 2. The topological polar surface area (TPSA) is 101 Å². The van der Waals surface area contributed by atoms with Gasteiger partial charge in [0.1, 0.15) is 5.60 Å². The molecule has 0 bridgehead atoms. The number of rotatable bonds is 5. The lowest BCUT2D eigenvalue weighted by Crippen LogP contribution is -2.51. The first-order valence-corrected chi connectivity index (χ1v) is 9.31. The quantitative estimate of drug-likeness (QED) is 0.835. The number of hydrogen-bond acceptors (Lipinski definition) is 7. The number of aromatic nitrogens is 1. The fourth-order valence-corrected chi connectivity index (χ4v) is 2.82. The second-order valence-electron chi connectivity index (χ2n) is 7.62. The van der Waals surface area contributed by atoms with Gasteiger partial charge < -0.3 is 23.9 Å². The summed E-state index contributed by atoms with van der Waals surface area (Å²) >= 11 is 0. The molecule has 0 aromatic carbocycles. The average Bonchev–Trinajstić information content (AvgIpc) is 3.32. The third kappa shape index (κ3) is 5.35. The highest BCUT2D eigenvalue weighted by Crippen LogP contribution is 2.20. The largest absolute Gasteiger partial charge is 0.461 e. The molecule has 152 valence electrons. The number of ether oxygens (including phenoxy) is 1. The Balaban J connectivity index is 1.38. The SMILES string of the molecule is CC(C)(C)OC(=O)N1CCN(CCNC(=O)c2cc(-c3ccco3)on2)CC1. The van der Waals surface area contributed by atoms with Crippen LogP contribution in [0.5, 0.6) is 0 Å². The van der Waals surface area contributed by atoms with Gasteiger partial charge in [-0.05, 0) is 32.9 Å². The Morgan fingerprint density at radius 1 is 1.21 bits per heavy atom. The first-order chi connectivity index (χ1) is 13.3. The van der Waals surface area contributed by atoms with Crippen LogP contribution in [-0.2, 0) is 4.74 Å². The zero-order chi connectivity index (χ0) is 20.1. The highest BCUT2D eigenvalue weighted by Gasteiger charge is 2.25. The van der Waals surface area contributed by atoms with Gasteiger partial charge >= 0.3 is 6.09 Å². The molecule has 1 saturated heterocycles. The molecule has 0 saturated carbocycles. The van der Waals surface area contributed by atoms with Gasteiger partial charge in [0.05, 0.1) is 6.26 Å². The Morgan fingerprint density at radius 2 is 1.96 bits per heavy atom. The Labute approximate surface area is 163 Å². The first kappa shape index (κ1) is 19.9. The van der Waals surface area contributed by atoms with E-state index in [1.54, 1.807) is 23.1 Å². The van der Waals surface area contributed by atoms with Crippen LogP contribution >= 0.6 is 0 Å². The molecule has 0 radical (unpaired) electrons. The molecule has 3 rings (SSSR count). The number of nitrogens with zero attached hydrogens (tertiary/aromatic N) is 3. The van der Waals surface area contributed by atoms with Gasteiger partial charge in [0.15, 0.2) is 11.5 Å². The maximum Gasteiger partial charge on any atom is 0.410 e. The summed E-state index contributed by atoms with van der Waals surface area (Å²) in [6.07, 6.45) is 1.25. The maximum atomic E-state index is 12.2. The molecular weight excluding hydrogens is 364 g/mol. The molecule has 9 heteroatoms. The molecule has 1 aliphatic rings. The van der Waals surface area contributed by atoms with Gasteiger partial charge in [0.2, 0.25) is 5.76 Å². The maximum absolute atomic E-state index is 12.2. The predicted molar refractivity (Wildman–Crippen MR) is 101 cm³/mol. The molecular formula is C19H26N4O5. The van der Waals surface area contributed by atoms with Crippen LogP contribution in [0.4, 0.5) is 4.79 Å². The predicted octanol–water partition coefficient (Wildman–Crippen LogP) is 2.22. The molecule has 0 unspecified atom stereocenters. The summed E-state index contributed by atoms with van der Waals surface area (Å²) in [7, 11) is 0. The fraction of sp³-hybridized carbons (Fsp3) is 0.526. The molecule has 2 aromatic rings. The summed E-state index contributed by atoms with van der Waals surface area (Å²) in [4.78, 5) is 28.2. The van der Waals surface area contributed by atoms with Crippen LogP contribution in [0.1, 0.15) is 31.3 Å². The molecule has 1 N–H and O–H groups in total. The van der Waals surface area contributed by atoms with Crippen LogP contribution in [0.2, 0.25) is 0 Å². The lowest BCUT2D eigenvalue weighted by atomic mass is 10.2. The van der Waals surface area contributed by atoms with Crippen molar-refractivity contribution in [3.8, 4) is 11.5 Å². The van der Waals surface area contributed by atoms with E-state index < -0.39 is 5.60 Å². The average molecular weight is 390 g/mol. The van der Waals surface area contributed by atoms with Gasteiger partial charge in [-0.3, -0.25) is 9.69 Å². The lowest BCUT2D eigenvalue weighted by Gasteiger charge is -2.35. The minimum Gasteiger partial charge on any atom is -0.461 e. The number of hydrogen-bond donors (Lipinski definition) is 1. The van der Waals surface area contributed by atoms with Crippen molar-refractivity contribution in [2.75, 3.05) is 39.3 Å². The minimum absolute atomic E-state index is 0.209. The van der Waals surface area contributed by atoms with Crippen molar-refractivity contribution in [1.82, 2.24) is 20.3 Å². The van der Waals surface area contributed by atoms with Crippen molar-refractivity contribution in [2.45, 2.75) is 26.4 Å². The lowest BCUT2D eigenvalue weighted by molar-refractivity contribution is 0.0147. The number of nitrogens with one attached hydrogen (secondary N) is 1. The molecule has 0 spiro atoms. The van der Waals surface area contributed by atoms with Crippen LogP contribution in [0, 0.1) is 0 Å². The van der Waals surface area contributed by atoms with Gasteiger partial charge in [-0.25, -0.2) is 4.79 Å². The Kier molecular flexibility index (Phi) is 6.03. The smallest absolute Gasteiger partial charge is 0.410 e. The van der Waals surface area contributed by atoms with Crippen LogP contribution in [-0.4, -0.2) is 71.8 Å². The fourth-order valence-electron chi connectivity index (χ4n) is 2.82. The molecule has 9 nitrogen and oxygen atoms in total. The molecule has 3 heterocycles. The third-order valence-electron chi connectivity index (χ3n) is 4.24. The Bertz CT molecular complexity index is 786. The summed E-state index contributed by atoms with van der Waals surface area (Å²) in [6.45, 7) is 9.44. The Hall–Kier alpha value is -2.81. The van der Waals surface area contributed by atoms with E-state index in [2.05, 4.69) is 15.4 Å². The van der Waals surface area contributed by atoms with Crippen molar-refractivity contribution < 1.29 is 23.3 Å². The van der Waals surface area contributed by atoms with Gasteiger partial charge in [0, 0.05) is 45.3 Å². The van der Waals surface area contributed by atoms with E-state index in [-0.39, 0.29) is 17.7 Å². The summed E-state index contributed by atoms with van der Waals surface area (Å²) in [6, 6.07) is 5.02. The summed E-state index contributed by atoms with van der Waals surface area (Å²) in [5.74, 6) is 0.636. The second-order valence-corrected chi connectivity index (χ2v) is 7.62. The first-order valence-electron chi connectivity index (χ1n) is 9.31. The van der Waals surface area contributed by atoms with Gasteiger partial charge in [-0.2, -0.15) is 0 Å². The zero-order valence-corrected chi connectivity index (χ0v) is 16.4. The third-order valence-corrected chi connectivity index (χ3v) is 4.24. The van der Waals surface area contributed by atoms with Crippen LogP contribution < -0.4 is 5.32 Å². The molecule has 1 fully saturated rings. The van der Waals surface area contributed by atoms with E-state index >= 15 is 0 Å². The van der Waals surface area contributed by atoms with Crippen molar-refractivity contribution in [1.29, 1.82) is 0 Å². The molecule has 0 atom stereocenters. The van der Waals surface area contributed by atoms with Gasteiger partial charge in [0.25, 0.3) is 5.91 Å². The highest BCUT2D eigenvalue weighted by atomic mass is 16.6. The minimum atomic E-state index is -0.490. The summed E-state index contributed by atoms with van der Waals surface area (Å²) in [5.41, 5.74) is -0.280. The molecule has 0 aliphatic carbocycles. The highest BCUT2D eigenvalue weighted by molar-refractivity contribution is 5.92. The van der Waals surface area contributed by atoms with Crippen molar-refractivity contribution in [3.63, 3.8) is 0 Å². The summed E-state index contributed by atoms with van der Waals surface area (Å²) in [5, 5.41) is 6.61. The molecule has 2 aromatic heterocycles. The monoisotopic (exact) mass is 390 g/mol. The van der Waals surface area contributed by atoms with Crippen LogP contribution in [0.15, 0.2) is 33.4 Å². The second kappa shape index (κ2) is 8.47. The number of furan rings is 1. The standard InChI is InChI=1S/C19H26N4O5/c1-19(2,3)27-18(25)23-10-8-22(9-11-23)7-6-20-17(24)14-13-16(28-21-14)15-5-4-12-26-15/h4-5,12-13H,6-11H2,1-3H3,(H,20,24). The number of piperazine rings is 1. The molecule has 28 heavy (non-hydrogen) atoms. The zero-order valence-electron chi connectivity index (χ0n) is 16.4. The van der Waals surface area contributed by atoms with E-state index in [9.17, 15) is 9.59 Å². The molecule has 2 amide bonds. The number of amides is 2. The molecule has 1 aliphatic heterocycles. The van der Waals surface area contributed by atoms with Gasteiger partial charge in [-0.1, -0.05) is 5.16 Å². The van der Waals surface area contributed by atoms with Crippen LogP contribution in [0.25, 0.3) is 11.5 Å². The van der Waals surface area contributed by atoms with Crippen molar-refractivity contribution in [3.05, 3.63) is 30.2 Å². The van der Waals surface area contributed by atoms with E-state index in [0.29, 0.717) is 37.7 Å². The van der Waals surface area contributed by atoms with Gasteiger partial charge in [-0.15, -0.1) is 0 Å². The van der Waals surface area contributed by atoms with Crippen molar-refractivity contribution in [2.24, 2.45) is 0 Å². The summed E-state index contributed by atoms with van der Waals surface area (Å²) < 4.78 is 15.7. The van der Waals surface area contributed by atoms with E-state index in [0.717, 1.165) is 13.1 Å². The van der Waals surface area contributed by atoms with E-state index in [4.69, 9.17) is 13.7 Å². The van der Waals surface area contributed by atoms with Crippen LogP contribution in [0.3, 0.4) is 0 Å². The van der Waals surface area contributed by atoms with Crippen molar-refractivity contribution >= 4 is 12.0 Å². The normalized spacial score (nSPS) is 15.5. The van der Waals surface area contributed by atoms with E-state index in [1.807, 2.05) is 20.8 Å². The Morgan fingerprint density at radius 3 is 2.61 bits per heavy atom. The van der Waals surface area contributed by atoms with E-state index in [1.165, 1.54) is 6.26 Å². The number of carbonyl (C=O) groups excluding carboxylic acids is 2.